The van der Waals surface area contributed by atoms with Gasteiger partial charge in [0.05, 0.1) is 5.69 Å². The number of aliphatic hydroxyl groups is 1. The lowest BCUT2D eigenvalue weighted by Gasteiger charge is -2.25. The van der Waals surface area contributed by atoms with Crippen LogP contribution in [0.25, 0.3) is 11.1 Å². The van der Waals surface area contributed by atoms with Crippen molar-refractivity contribution in [2.45, 2.75) is 38.9 Å². The van der Waals surface area contributed by atoms with Gasteiger partial charge in [0.25, 0.3) is 0 Å². The van der Waals surface area contributed by atoms with Crippen molar-refractivity contribution in [3.05, 3.63) is 83.9 Å². The van der Waals surface area contributed by atoms with Crippen molar-refractivity contribution in [2.75, 3.05) is 18.1 Å². The van der Waals surface area contributed by atoms with Crippen molar-refractivity contribution >= 4 is 11.8 Å². The van der Waals surface area contributed by atoms with E-state index in [9.17, 15) is 9.90 Å². The summed E-state index contributed by atoms with van der Waals surface area (Å²) < 4.78 is 11.4. The quantitative estimate of drug-likeness (QED) is 0.558. The Hall–Kier alpha value is -3.31. The normalized spacial score (nSPS) is 14.1. The molecule has 0 spiro atoms. The maximum atomic E-state index is 12.5. The summed E-state index contributed by atoms with van der Waals surface area (Å²) in [5.74, 6) is 0.610. The van der Waals surface area contributed by atoms with Gasteiger partial charge in [0.2, 0.25) is 0 Å². The fraction of sp³-hybridized carbons (Fsp3) is 0.296. The van der Waals surface area contributed by atoms with Gasteiger partial charge in [-0.05, 0) is 55.5 Å². The number of carbonyl (C=O) groups excluding carboxylic acids is 1. The second-order valence-corrected chi connectivity index (χ2v) is 8.99. The van der Waals surface area contributed by atoms with E-state index in [4.69, 9.17) is 9.47 Å². The second-order valence-electron chi connectivity index (χ2n) is 8.99. The van der Waals surface area contributed by atoms with E-state index in [1.54, 1.807) is 4.90 Å². The maximum Gasteiger partial charge on any atom is 0.414 e. The van der Waals surface area contributed by atoms with Gasteiger partial charge >= 0.3 is 6.09 Å². The molecule has 3 aromatic carbocycles. The Kier molecular flexibility index (Phi) is 6.19. The standard InChI is InChI=1S/C27H29NO4/c1-27(2,3)32-26(30)28-16-15-21-13-14-23(17-24(21)28)31-18-25(29)22-11-9-20(10-12-22)19-7-5-4-6-8-19/h4-14,17,25,29H,15-16,18H2,1-3H3. The number of nitrogens with zero attached hydrogens (tertiary/aromatic N) is 1. The average Bonchev–Trinajstić information content (AvgIpc) is 3.20. The Balaban J connectivity index is 1.40. The summed E-state index contributed by atoms with van der Waals surface area (Å²) in [5, 5.41) is 10.6. The van der Waals surface area contributed by atoms with Gasteiger partial charge < -0.3 is 14.6 Å². The van der Waals surface area contributed by atoms with Crippen molar-refractivity contribution in [3.63, 3.8) is 0 Å². The molecule has 0 saturated heterocycles. The van der Waals surface area contributed by atoms with Gasteiger partial charge in [0, 0.05) is 12.6 Å². The number of rotatable bonds is 5. The third-order valence-corrected chi connectivity index (χ3v) is 5.38. The first-order valence-corrected chi connectivity index (χ1v) is 10.9. The number of fused-ring (bicyclic) bond motifs is 1. The van der Waals surface area contributed by atoms with Gasteiger partial charge in [-0.15, -0.1) is 0 Å². The van der Waals surface area contributed by atoms with Gasteiger partial charge in [-0.3, -0.25) is 4.90 Å². The summed E-state index contributed by atoms with van der Waals surface area (Å²) in [5.41, 5.74) is 4.37. The van der Waals surface area contributed by atoms with Crippen molar-refractivity contribution in [1.82, 2.24) is 0 Å². The molecule has 0 saturated carbocycles. The highest BCUT2D eigenvalue weighted by Gasteiger charge is 2.29. The van der Waals surface area contributed by atoms with Crippen LogP contribution in [0.1, 0.15) is 38.0 Å². The molecule has 166 valence electrons. The Bertz CT molecular complexity index is 1070. The van der Waals surface area contributed by atoms with Crippen LogP contribution in [-0.2, 0) is 11.2 Å². The maximum absolute atomic E-state index is 12.5. The summed E-state index contributed by atoms with van der Waals surface area (Å²) >= 11 is 0. The summed E-state index contributed by atoms with van der Waals surface area (Å²) in [4.78, 5) is 14.2. The summed E-state index contributed by atoms with van der Waals surface area (Å²) in [6, 6.07) is 23.7. The van der Waals surface area contributed by atoms with E-state index < -0.39 is 11.7 Å². The Morgan fingerprint density at radius 3 is 2.38 bits per heavy atom. The third kappa shape index (κ3) is 5.11. The van der Waals surface area contributed by atoms with Crippen LogP contribution in [0, 0.1) is 0 Å². The van der Waals surface area contributed by atoms with Crippen LogP contribution in [0.3, 0.4) is 0 Å². The molecule has 1 heterocycles. The van der Waals surface area contributed by atoms with E-state index in [0.717, 1.165) is 34.4 Å². The Labute approximate surface area is 189 Å². The molecule has 1 atom stereocenters. The number of hydrogen-bond donors (Lipinski definition) is 1. The van der Waals surface area contributed by atoms with Crippen molar-refractivity contribution < 1.29 is 19.4 Å². The van der Waals surface area contributed by atoms with Gasteiger partial charge in [0.15, 0.2) is 0 Å². The molecule has 1 N–H and O–H groups in total. The number of hydrogen-bond acceptors (Lipinski definition) is 4. The lowest BCUT2D eigenvalue weighted by Crippen LogP contribution is -2.35. The van der Waals surface area contributed by atoms with E-state index in [0.29, 0.717) is 12.3 Å². The molecular weight excluding hydrogens is 402 g/mol. The van der Waals surface area contributed by atoms with Crippen LogP contribution >= 0.6 is 0 Å². The Morgan fingerprint density at radius 2 is 1.69 bits per heavy atom. The van der Waals surface area contributed by atoms with Crippen molar-refractivity contribution in [2.24, 2.45) is 0 Å². The molecule has 1 aliphatic heterocycles. The fourth-order valence-electron chi connectivity index (χ4n) is 3.76. The minimum Gasteiger partial charge on any atom is -0.490 e. The first-order valence-electron chi connectivity index (χ1n) is 10.9. The molecule has 0 fully saturated rings. The van der Waals surface area contributed by atoms with Gasteiger partial charge in [0.1, 0.15) is 24.1 Å². The Morgan fingerprint density at radius 1 is 1.00 bits per heavy atom. The predicted octanol–water partition coefficient (Wildman–Crippen LogP) is 5.76. The molecule has 3 aromatic rings. The van der Waals surface area contributed by atoms with E-state index in [-0.39, 0.29) is 12.7 Å². The first-order chi connectivity index (χ1) is 15.3. The second kappa shape index (κ2) is 9.05. The molecule has 0 bridgehead atoms. The molecule has 0 aromatic heterocycles. The van der Waals surface area contributed by atoms with Crippen LogP contribution in [0.4, 0.5) is 10.5 Å². The lowest BCUT2D eigenvalue weighted by molar-refractivity contribution is 0.0584. The van der Waals surface area contributed by atoms with Crippen LogP contribution in [-0.4, -0.2) is 30.0 Å². The lowest BCUT2D eigenvalue weighted by atomic mass is 10.0. The molecule has 5 nitrogen and oxygen atoms in total. The van der Waals surface area contributed by atoms with Crippen LogP contribution < -0.4 is 9.64 Å². The number of ether oxygens (including phenoxy) is 2. The SMILES string of the molecule is CC(C)(C)OC(=O)N1CCc2ccc(OCC(O)c3ccc(-c4ccccc4)cc3)cc21. The minimum absolute atomic E-state index is 0.121. The zero-order valence-electron chi connectivity index (χ0n) is 18.7. The monoisotopic (exact) mass is 431 g/mol. The topological polar surface area (TPSA) is 59.0 Å². The minimum atomic E-state index is -0.755. The molecule has 4 rings (SSSR count). The predicted molar refractivity (Wildman–Crippen MR) is 126 cm³/mol. The van der Waals surface area contributed by atoms with E-state index in [1.807, 2.05) is 81.4 Å². The number of anilines is 1. The summed E-state index contributed by atoms with van der Waals surface area (Å²) in [6.45, 7) is 6.28. The third-order valence-electron chi connectivity index (χ3n) is 5.38. The number of benzene rings is 3. The molecule has 5 heteroatoms. The summed E-state index contributed by atoms with van der Waals surface area (Å²) in [6.07, 6.45) is -0.326. The molecule has 0 aliphatic carbocycles. The largest absolute Gasteiger partial charge is 0.490 e. The van der Waals surface area contributed by atoms with Crippen molar-refractivity contribution in [1.29, 1.82) is 0 Å². The van der Waals surface area contributed by atoms with Gasteiger partial charge in [-0.1, -0.05) is 60.7 Å². The van der Waals surface area contributed by atoms with E-state index in [2.05, 4.69) is 12.1 Å². The highest BCUT2D eigenvalue weighted by Crippen LogP contribution is 2.33. The molecule has 0 radical (unpaired) electrons. The molecule has 1 aliphatic rings. The first kappa shape index (κ1) is 21.9. The molecular formula is C27H29NO4. The number of amides is 1. The van der Waals surface area contributed by atoms with Crippen LogP contribution in [0.15, 0.2) is 72.8 Å². The van der Waals surface area contributed by atoms with Crippen LogP contribution in [0.5, 0.6) is 5.75 Å². The van der Waals surface area contributed by atoms with Crippen LogP contribution in [0.2, 0.25) is 0 Å². The number of carbonyl (C=O) groups is 1. The van der Waals surface area contributed by atoms with Gasteiger partial charge in [-0.2, -0.15) is 0 Å². The smallest absolute Gasteiger partial charge is 0.414 e. The average molecular weight is 432 g/mol. The highest BCUT2D eigenvalue weighted by atomic mass is 16.6. The summed E-state index contributed by atoms with van der Waals surface area (Å²) in [7, 11) is 0. The number of aliphatic hydroxyl groups excluding tert-OH is 1. The zero-order chi connectivity index (χ0) is 22.7. The van der Waals surface area contributed by atoms with E-state index >= 15 is 0 Å². The fourth-order valence-corrected chi connectivity index (χ4v) is 3.76. The zero-order valence-corrected chi connectivity index (χ0v) is 18.7. The highest BCUT2D eigenvalue weighted by molar-refractivity contribution is 5.90. The van der Waals surface area contributed by atoms with E-state index in [1.165, 1.54) is 0 Å². The molecule has 32 heavy (non-hydrogen) atoms. The van der Waals surface area contributed by atoms with Crippen molar-refractivity contribution in [3.8, 4) is 16.9 Å². The van der Waals surface area contributed by atoms with Gasteiger partial charge in [-0.25, -0.2) is 4.79 Å². The molecule has 1 amide bonds. The molecule has 1 unspecified atom stereocenters.